The van der Waals surface area contributed by atoms with Crippen LogP contribution in [0, 0.1) is 0 Å². The lowest BCUT2D eigenvalue weighted by Crippen LogP contribution is -2.33. The van der Waals surface area contributed by atoms with E-state index >= 15 is 0 Å². The SMILES string of the molecule is CCc1nn2ccc(Cl)cc2c1C(=O)NC(C)c1ccc(N2CCC(c3ccc(OC(F)(F)F)cc3)CC2)cc1. The number of aryl methyl sites for hydroxylation is 1. The molecule has 210 valence electrons. The summed E-state index contributed by atoms with van der Waals surface area (Å²) in [5.74, 6) is -0.104. The van der Waals surface area contributed by atoms with E-state index in [-0.39, 0.29) is 23.6 Å². The highest BCUT2D eigenvalue weighted by Crippen LogP contribution is 2.33. The monoisotopic (exact) mass is 570 g/mol. The van der Waals surface area contributed by atoms with E-state index < -0.39 is 6.36 Å². The Morgan fingerprint density at radius 2 is 1.77 bits per heavy atom. The second-order valence-corrected chi connectivity index (χ2v) is 10.5. The minimum atomic E-state index is -4.69. The molecule has 0 bridgehead atoms. The topological polar surface area (TPSA) is 58.9 Å². The Morgan fingerprint density at radius 3 is 2.40 bits per heavy atom. The van der Waals surface area contributed by atoms with Gasteiger partial charge in [0.15, 0.2) is 0 Å². The maximum Gasteiger partial charge on any atom is 0.573 e. The van der Waals surface area contributed by atoms with Crippen LogP contribution >= 0.6 is 11.6 Å². The third-order valence-corrected chi connectivity index (χ3v) is 7.65. The molecule has 0 aliphatic carbocycles. The van der Waals surface area contributed by atoms with Gasteiger partial charge in [-0.25, -0.2) is 4.52 Å². The van der Waals surface area contributed by atoms with E-state index in [1.54, 1.807) is 35.0 Å². The predicted molar refractivity (Wildman–Crippen MR) is 149 cm³/mol. The number of aromatic nitrogens is 2. The van der Waals surface area contributed by atoms with Gasteiger partial charge in [-0.05, 0) is 79.6 Å². The van der Waals surface area contributed by atoms with Crippen molar-refractivity contribution >= 4 is 28.7 Å². The largest absolute Gasteiger partial charge is 0.573 e. The number of amides is 1. The summed E-state index contributed by atoms with van der Waals surface area (Å²) in [5, 5.41) is 8.17. The van der Waals surface area contributed by atoms with Crippen LogP contribution in [0.3, 0.4) is 0 Å². The molecule has 2 aromatic heterocycles. The summed E-state index contributed by atoms with van der Waals surface area (Å²) in [7, 11) is 0. The van der Waals surface area contributed by atoms with E-state index in [1.165, 1.54) is 12.1 Å². The molecule has 40 heavy (non-hydrogen) atoms. The van der Waals surface area contributed by atoms with Crippen molar-refractivity contribution in [1.29, 1.82) is 0 Å². The molecular formula is C30H30ClF3N4O2. The second-order valence-electron chi connectivity index (χ2n) is 10.0. The first kappa shape index (κ1) is 27.8. The summed E-state index contributed by atoms with van der Waals surface area (Å²) < 4.78 is 42.9. The molecule has 1 unspecified atom stereocenters. The summed E-state index contributed by atoms with van der Waals surface area (Å²) >= 11 is 6.18. The lowest BCUT2D eigenvalue weighted by atomic mass is 9.89. The van der Waals surface area contributed by atoms with Gasteiger partial charge in [0, 0.05) is 30.0 Å². The van der Waals surface area contributed by atoms with Crippen LogP contribution in [0.4, 0.5) is 18.9 Å². The van der Waals surface area contributed by atoms with Crippen molar-refractivity contribution in [2.24, 2.45) is 0 Å². The van der Waals surface area contributed by atoms with Crippen molar-refractivity contribution in [3.05, 3.63) is 94.3 Å². The zero-order chi connectivity index (χ0) is 28.4. The lowest BCUT2D eigenvalue weighted by molar-refractivity contribution is -0.274. The molecule has 1 atom stereocenters. The van der Waals surface area contributed by atoms with E-state index in [0.29, 0.717) is 22.5 Å². The summed E-state index contributed by atoms with van der Waals surface area (Å²) in [6.07, 6.45) is -0.510. The summed E-state index contributed by atoms with van der Waals surface area (Å²) in [4.78, 5) is 15.6. The number of hydrogen-bond donors (Lipinski definition) is 1. The van der Waals surface area contributed by atoms with E-state index in [1.807, 2.05) is 26.0 Å². The fourth-order valence-corrected chi connectivity index (χ4v) is 5.46. The van der Waals surface area contributed by atoms with Gasteiger partial charge in [-0.1, -0.05) is 42.8 Å². The number of piperidine rings is 1. The highest BCUT2D eigenvalue weighted by Gasteiger charge is 2.31. The predicted octanol–water partition coefficient (Wildman–Crippen LogP) is 7.32. The van der Waals surface area contributed by atoms with Crippen molar-refractivity contribution in [2.45, 2.75) is 51.4 Å². The molecule has 2 aromatic carbocycles. The van der Waals surface area contributed by atoms with Gasteiger partial charge < -0.3 is 15.0 Å². The molecule has 0 radical (unpaired) electrons. The van der Waals surface area contributed by atoms with Crippen molar-refractivity contribution in [3.63, 3.8) is 0 Å². The fraction of sp³-hybridized carbons (Fsp3) is 0.333. The summed E-state index contributed by atoms with van der Waals surface area (Å²) in [6.45, 7) is 5.60. The number of nitrogens with one attached hydrogen (secondary N) is 1. The minimum Gasteiger partial charge on any atom is -0.406 e. The van der Waals surface area contributed by atoms with Crippen LogP contribution in [0.5, 0.6) is 5.75 Å². The Morgan fingerprint density at radius 1 is 1.10 bits per heavy atom. The lowest BCUT2D eigenvalue weighted by Gasteiger charge is -2.34. The van der Waals surface area contributed by atoms with Crippen molar-refractivity contribution in [3.8, 4) is 5.75 Å². The normalized spacial score (nSPS) is 15.3. The first-order chi connectivity index (χ1) is 19.1. The zero-order valence-corrected chi connectivity index (χ0v) is 23.0. The molecule has 1 N–H and O–H groups in total. The molecule has 0 spiro atoms. The number of alkyl halides is 3. The van der Waals surface area contributed by atoms with Gasteiger partial charge in [-0.3, -0.25) is 4.79 Å². The Balaban J connectivity index is 1.19. The minimum absolute atomic E-state index is 0.189. The number of carbonyl (C=O) groups is 1. The van der Waals surface area contributed by atoms with Crippen LogP contribution in [0.15, 0.2) is 66.9 Å². The van der Waals surface area contributed by atoms with Crippen LogP contribution in [0.2, 0.25) is 5.02 Å². The van der Waals surface area contributed by atoms with Gasteiger partial charge in [0.25, 0.3) is 5.91 Å². The molecule has 1 amide bonds. The number of fused-ring (bicyclic) bond motifs is 1. The van der Waals surface area contributed by atoms with Crippen LogP contribution in [0.25, 0.3) is 5.52 Å². The zero-order valence-electron chi connectivity index (χ0n) is 22.2. The number of ether oxygens (including phenoxy) is 1. The van der Waals surface area contributed by atoms with E-state index in [0.717, 1.165) is 48.4 Å². The average Bonchev–Trinajstić information content (AvgIpc) is 3.31. The first-order valence-corrected chi connectivity index (χ1v) is 13.7. The standard InChI is InChI=1S/C30H30ClF3N4O2/c1-3-26-28(27-18-23(31)14-17-38(27)36-26)29(39)35-19(2)20-4-8-24(9-5-20)37-15-12-22(13-16-37)21-6-10-25(11-7-21)40-30(32,33)34/h4-11,14,17-19,22H,3,12-13,15-16H2,1-2H3,(H,35,39). The van der Waals surface area contributed by atoms with E-state index in [4.69, 9.17) is 11.6 Å². The highest BCUT2D eigenvalue weighted by atomic mass is 35.5. The quantitative estimate of drug-likeness (QED) is 0.253. The molecular weight excluding hydrogens is 541 g/mol. The number of pyridine rings is 1. The van der Waals surface area contributed by atoms with Crippen LogP contribution in [-0.4, -0.2) is 35.0 Å². The third kappa shape index (κ3) is 6.20. The third-order valence-electron chi connectivity index (χ3n) is 7.42. The maximum atomic E-state index is 13.3. The number of carbonyl (C=O) groups excluding carboxylic acids is 1. The number of hydrogen-bond acceptors (Lipinski definition) is 4. The van der Waals surface area contributed by atoms with Crippen molar-refractivity contribution in [2.75, 3.05) is 18.0 Å². The van der Waals surface area contributed by atoms with Gasteiger partial charge in [-0.2, -0.15) is 5.10 Å². The second kappa shape index (κ2) is 11.4. The number of benzene rings is 2. The van der Waals surface area contributed by atoms with Crippen molar-refractivity contribution in [1.82, 2.24) is 14.9 Å². The molecule has 3 heterocycles. The molecule has 1 fully saturated rings. The highest BCUT2D eigenvalue weighted by molar-refractivity contribution is 6.31. The van der Waals surface area contributed by atoms with E-state index in [9.17, 15) is 18.0 Å². The number of anilines is 1. The molecule has 1 aliphatic rings. The van der Waals surface area contributed by atoms with Crippen LogP contribution < -0.4 is 15.0 Å². The number of halogens is 4. The molecule has 10 heteroatoms. The number of nitrogens with zero attached hydrogens (tertiary/aromatic N) is 3. The molecule has 4 aromatic rings. The van der Waals surface area contributed by atoms with Crippen LogP contribution in [0.1, 0.15) is 65.8 Å². The Kier molecular flexibility index (Phi) is 7.94. The Hall–Kier alpha value is -3.72. The van der Waals surface area contributed by atoms with Gasteiger partial charge in [0.1, 0.15) is 5.75 Å². The maximum absolute atomic E-state index is 13.3. The Labute approximate surface area is 235 Å². The van der Waals surface area contributed by atoms with Gasteiger partial charge in [0.2, 0.25) is 0 Å². The van der Waals surface area contributed by atoms with Gasteiger partial charge in [-0.15, -0.1) is 13.2 Å². The van der Waals surface area contributed by atoms with Crippen molar-refractivity contribution < 1.29 is 22.7 Å². The smallest absolute Gasteiger partial charge is 0.406 e. The Bertz CT molecular complexity index is 1480. The van der Waals surface area contributed by atoms with Gasteiger partial charge >= 0.3 is 6.36 Å². The molecule has 0 saturated carbocycles. The summed E-state index contributed by atoms with van der Waals surface area (Å²) in [6, 6.07) is 17.7. The fourth-order valence-electron chi connectivity index (χ4n) is 5.30. The molecule has 6 nitrogen and oxygen atoms in total. The molecule has 5 rings (SSSR count). The van der Waals surface area contributed by atoms with E-state index in [2.05, 4.69) is 32.2 Å². The summed E-state index contributed by atoms with van der Waals surface area (Å²) in [5.41, 5.74) is 5.04. The molecule has 1 aliphatic heterocycles. The van der Waals surface area contributed by atoms with Gasteiger partial charge in [0.05, 0.1) is 22.8 Å². The van der Waals surface area contributed by atoms with Crippen LogP contribution in [-0.2, 0) is 6.42 Å². The average molecular weight is 571 g/mol. The number of rotatable bonds is 7. The molecule has 1 saturated heterocycles. The first-order valence-electron chi connectivity index (χ1n) is 13.3.